The summed E-state index contributed by atoms with van der Waals surface area (Å²) in [7, 11) is 0. The van der Waals surface area contributed by atoms with E-state index in [0.717, 1.165) is 6.42 Å². The molecule has 2 aliphatic carbocycles. The van der Waals surface area contributed by atoms with Crippen LogP contribution in [0.4, 0.5) is 0 Å². The Bertz CT molecular complexity index is 549. The summed E-state index contributed by atoms with van der Waals surface area (Å²) < 4.78 is 7.74. The molecule has 2 bridgehead atoms. The summed E-state index contributed by atoms with van der Waals surface area (Å²) in [6, 6.07) is 4.02. The van der Waals surface area contributed by atoms with E-state index in [1.54, 1.807) is 0 Å². The van der Waals surface area contributed by atoms with Gasteiger partial charge in [0.2, 0.25) is 6.54 Å². The average Bonchev–Trinajstić information content (AvgIpc) is 2.74. The van der Waals surface area contributed by atoms with E-state index in [1.165, 1.54) is 18.4 Å². The fourth-order valence-corrected chi connectivity index (χ4v) is 4.29. The highest BCUT2D eigenvalue weighted by atomic mass is 16.5. The Hall–Kier alpha value is -1.38. The SMILES string of the molecule is Cc1cc[n+](CC(=O)O[C@@H]2C[C@@H]3CC[C@]2(C)C3(C)C)cc1. The molecule has 3 atom stereocenters. The number of esters is 1. The molecule has 114 valence electrons. The van der Waals surface area contributed by atoms with Crippen molar-refractivity contribution < 1.29 is 14.1 Å². The van der Waals surface area contributed by atoms with Crippen molar-refractivity contribution in [2.75, 3.05) is 0 Å². The summed E-state index contributed by atoms with van der Waals surface area (Å²) in [5.74, 6) is 0.589. The van der Waals surface area contributed by atoms with Crippen LogP contribution in [0.5, 0.6) is 0 Å². The normalized spacial score (nSPS) is 33.1. The molecule has 0 aromatic carbocycles. The van der Waals surface area contributed by atoms with Crippen LogP contribution in [0.2, 0.25) is 0 Å². The number of aryl methyl sites for hydroxylation is 1. The van der Waals surface area contributed by atoms with Gasteiger partial charge in [-0.1, -0.05) is 20.8 Å². The molecule has 3 rings (SSSR count). The van der Waals surface area contributed by atoms with Gasteiger partial charge < -0.3 is 4.74 Å². The Morgan fingerprint density at radius 2 is 2.00 bits per heavy atom. The first-order valence-corrected chi connectivity index (χ1v) is 7.98. The van der Waals surface area contributed by atoms with Crippen molar-refractivity contribution in [3.05, 3.63) is 30.1 Å². The highest BCUT2D eigenvalue weighted by Crippen LogP contribution is 2.66. The first-order chi connectivity index (χ1) is 9.83. The molecule has 0 aliphatic heterocycles. The van der Waals surface area contributed by atoms with E-state index in [1.807, 2.05) is 36.0 Å². The highest BCUT2D eigenvalue weighted by Gasteiger charge is 2.62. The van der Waals surface area contributed by atoms with Gasteiger partial charge in [0.15, 0.2) is 12.4 Å². The Morgan fingerprint density at radius 3 is 2.52 bits per heavy atom. The molecule has 3 nitrogen and oxygen atoms in total. The van der Waals surface area contributed by atoms with Crippen molar-refractivity contribution >= 4 is 5.97 Å². The Morgan fingerprint density at radius 1 is 1.33 bits per heavy atom. The predicted molar refractivity (Wildman–Crippen MR) is 80.5 cm³/mol. The topological polar surface area (TPSA) is 30.2 Å². The third-order valence-corrected chi connectivity index (χ3v) is 6.36. The van der Waals surface area contributed by atoms with E-state index in [0.29, 0.717) is 12.5 Å². The Balaban J connectivity index is 1.65. The van der Waals surface area contributed by atoms with Crippen LogP contribution in [0.15, 0.2) is 24.5 Å². The molecule has 3 heteroatoms. The van der Waals surface area contributed by atoms with Crippen molar-refractivity contribution in [1.82, 2.24) is 0 Å². The molecule has 2 saturated carbocycles. The van der Waals surface area contributed by atoms with Gasteiger partial charge in [-0.05, 0) is 43.1 Å². The van der Waals surface area contributed by atoms with Gasteiger partial charge in [-0.15, -0.1) is 0 Å². The van der Waals surface area contributed by atoms with E-state index in [9.17, 15) is 4.79 Å². The number of carbonyl (C=O) groups excluding carboxylic acids is 1. The van der Waals surface area contributed by atoms with Crippen LogP contribution >= 0.6 is 0 Å². The molecule has 0 radical (unpaired) electrons. The third kappa shape index (κ3) is 2.27. The monoisotopic (exact) mass is 288 g/mol. The average molecular weight is 288 g/mol. The maximum atomic E-state index is 12.2. The standard InChI is InChI=1S/C18H26NO2/c1-13-6-9-19(10-7-13)12-16(20)21-15-11-14-5-8-18(15,4)17(14,2)3/h6-7,9-10,14-15H,5,8,11-12H2,1-4H3/q+1/t14-,15+,18-/m0/s1. The number of pyridine rings is 1. The molecule has 0 saturated heterocycles. The number of hydrogen-bond acceptors (Lipinski definition) is 2. The fourth-order valence-electron chi connectivity index (χ4n) is 4.29. The zero-order chi connectivity index (χ0) is 15.3. The summed E-state index contributed by atoms with van der Waals surface area (Å²) in [5.41, 5.74) is 1.63. The number of ether oxygens (including phenoxy) is 1. The maximum Gasteiger partial charge on any atom is 0.372 e. The van der Waals surface area contributed by atoms with Gasteiger partial charge in [0.1, 0.15) is 6.10 Å². The largest absolute Gasteiger partial charge is 0.457 e. The summed E-state index contributed by atoms with van der Waals surface area (Å²) in [6.07, 6.45) is 7.45. The molecule has 0 N–H and O–H groups in total. The second-order valence-electron chi connectivity index (χ2n) is 7.64. The molecule has 1 aromatic heterocycles. The van der Waals surface area contributed by atoms with Gasteiger partial charge in [-0.25, -0.2) is 4.79 Å². The van der Waals surface area contributed by atoms with Gasteiger partial charge in [0.25, 0.3) is 0 Å². The van der Waals surface area contributed by atoms with Crippen molar-refractivity contribution in [2.45, 2.75) is 59.6 Å². The Kier molecular flexibility index (Phi) is 3.34. The first kappa shape index (κ1) is 14.6. The minimum absolute atomic E-state index is 0.0878. The van der Waals surface area contributed by atoms with Crippen LogP contribution in [-0.4, -0.2) is 12.1 Å². The van der Waals surface area contributed by atoms with Crippen molar-refractivity contribution in [3.63, 3.8) is 0 Å². The molecule has 2 aliphatic rings. The minimum atomic E-state index is -0.113. The minimum Gasteiger partial charge on any atom is -0.457 e. The van der Waals surface area contributed by atoms with Gasteiger partial charge in [0.05, 0.1) is 0 Å². The Labute approximate surface area is 127 Å². The van der Waals surface area contributed by atoms with E-state index in [-0.39, 0.29) is 22.9 Å². The van der Waals surface area contributed by atoms with Crippen LogP contribution in [-0.2, 0) is 16.1 Å². The molecule has 0 unspecified atom stereocenters. The second kappa shape index (κ2) is 4.82. The molecule has 0 spiro atoms. The lowest BCUT2D eigenvalue weighted by molar-refractivity contribution is -0.686. The maximum absolute atomic E-state index is 12.2. The number of nitrogens with zero attached hydrogens (tertiary/aromatic N) is 1. The molecular weight excluding hydrogens is 262 g/mol. The number of carbonyl (C=O) groups is 1. The number of hydrogen-bond donors (Lipinski definition) is 0. The molecular formula is C18H26NO2+. The van der Waals surface area contributed by atoms with E-state index >= 15 is 0 Å². The summed E-state index contributed by atoms with van der Waals surface area (Å²) in [5, 5.41) is 0. The quantitative estimate of drug-likeness (QED) is 0.632. The summed E-state index contributed by atoms with van der Waals surface area (Å²) in [6.45, 7) is 9.33. The van der Waals surface area contributed by atoms with Crippen LogP contribution in [0.3, 0.4) is 0 Å². The summed E-state index contributed by atoms with van der Waals surface area (Å²) in [4.78, 5) is 12.2. The zero-order valence-electron chi connectivity index (χ0n) is 13.6. The highest BCUT2D eigenvalue weighted by molar-refractivity contribution is 5.68. The van der Waals surface area contributed by atoms with Crippen molar-refractivity contribution in [1.29, 1.82) is 0 Å². The van der Waals surface area contributed by atoms with Crippen LogP contribution < -0.4 is 4.57 Å². The third-order valence-electron chi connectivity index (χ3n) is 6.36. The molecule has 21 heavy (non-hydrogen) atoms. The van der Waals surface area contributed by atoms with Crippen molar-refractivity contribution in [3.8, 4) is 0 Å². The van der Waals surface area contributed by atoms with E-state index in [4.69, 9.17) is 4.74 Å². The molecule has 1 heterocycles. The van der Waals surface area contributed by atoms with E-state index in [2.05, 4.69) is 20.8 Å². The van der Waals surface area contributed by atoms with Gasteiger partial charge in [-0.2, -0.15) is 4.57 Å². The van der Waals surface area contributed by atoms with Gasteiger partial charge >= 0.3 is 5.97 Å². The van der Waals surface area contributed by atoms with Crippen LogP contribution in [0, 0.1) is 23.7 Å². The summed E-state index contributed by atoms with van der Waals surface area (Å²) >= 11 is 0. The fraction of sp³-hybridized carbons (Fsp3) is 0.667. The molecule has 2 fully saturated rings. The van der Waals surface area contributed by atoms with E-state index < -0.39 is 0 Å². The van der Waals surface area contributed by atoms with Crippen LogP contribution in [0.25, 0.3) is 0 Å². The molecule has 1 aromatic rings. The number of aromatic nitrogens is 1. The number of fused-ring (bicyclic) bond motifs is 2. The molecule has 0 amide bonds. The van der Waals surface area contributed by atoms with Crippen molar-refractivity contribution in [2.24, 2.45) is 16.7 Å². The lowest BCUT2D eigenvalue weighted by Gasteiger charge is -2.38. The van der Waals surface area contributed by atoms with Gasteiger partial charge in [0, 0.05) is 17.5 Å². The van der Waals surface area contributed by atoms with Crippen LogP contribution in [0.1, 0.15) is 45.6 Å². The number of rotatable bonds is 3. The lowest BCUT2D eigenvalue weighted by Crippen LogP contribution is -2.43. The smallest absolute Gasteiger partial charge is 0.372 e. The zero-order valence-corrected chi connectivity index (χ0v) is 13.6. The first-order valence-electron chi connectivity index (χ1n) is 7.98. The predicted octanol–water partition coefficient (Wildman–Crippen LogP) is 3.04. The second-order valence-corrected chi connectivity index (χ2v) is 7.64. The van der Waals surface area contributed by atoms with Gasteiger partial charge in [-0.3, -0.25) is 0 Å². The lowest BCUT2D eigenvalue weighted by atomic mass is 9.70.